The number of nitrogens with one attached hydrogen (secondary N) is 3. The molecular formula is C25H27ClN4O4. The molecule has 1 aliphatic rings. The van der Waals surface area contributed by atoms with Crippen molar-refractivity contribution < 1.29 is 19.1 Å². The fourth-order valence-electron chi connectivity index (χ4n) is 4.25. The fraction of sp³-hybridized carbons (Fsp3) is 0.320. The highest BCUT2D eigenvalue weighted by molar-refractivity contribution is 6.33. The van der Waals surface area contributed by atoms with Crippen LogP contribution in [0.5, 0.6) is 0 Å². The molecule has 1 unspecified atom stereocenters. The molecule has 2 aromatic carbocycles. The Balaban J connectivity index is 1.50. The van der Waals surface area contributed by atoms with E-state index in [2.05, 4.69) is 15.6 Å². The predicted octanol–water partition coefficient (Wildman–Crippen LogP) is 3.51. The van der Waals surface area contributed by atoms with Gasteiger partial charge in [0.25, 0.3) is 5.91 Å². The Bertz CT molecular complexity index is 1190. The Labute approximate surface area is 202 Å². The van der Waals surface area contributed by atoms with Crippen LogP contribution in [0.3, 0.4) is 0 Å². The SMILES string of the molecule is COC(=O)N1CCC(NC(=O)C(Cc2c[nH]c3ccccc23)NC(=O)c2ccccc2Cl)CC1. The van der Waals surface area contributed by atoms with Crippen LogP contribution in [0.15, 0.2) is 54.7 Å². The van der Waals surface area contributed by atoms with Gasteiger partial charge in [0.1, 0.15) is 6.04 Å². The number of methoxy groups -OCH3 is 1. The molecule has 2 heterocycles. The van der Waals surface area contributed by atoms with Crippen LogP contribution < -0.4 is 10.6 Å². The minimum atomic E-state index is -0.804. The number of fused-ring (bicyclic) bond motifs is 1. The lowest BCUT2D eigenvalue weighted by molar-refractivity contribution is -0.123. The van der Waals surface area contributed by atoms with E-state index in [4.69, 9.17) is 16.3 Å². The number of benzene rings is 2. The number of nitrogens with zero attached hydrogens (tertiary/aromatic N) is 1. The maximum Gasteiger partial charge on any atom is 0.409 e. The Kier molecular flexibility index (Phi) is 7.37. The minimum Gasteiger partial charge on any atom is -0.453 e. The number of aromatic amines is 1. The molecule has 9 heteroatoms. The van der Waals surface area contributed by atoms with Gasteiger partial charge in [-0.2, -0.15) is 0 Å². The molecule has 178 valence electrons. The lowest BCUT2D eigenvalue weighted by Crippen LogP contribution is -2.53. The maximum atomic E-state index is 13.3. The van der Waals surface area contributed by atoms with Gasteiger partial charge >= 0.3 is 6.09 Å². The van der Waals surface area contributed by atoms with E-state index < -0.39 is 11.9 Å². The molecule has 0 bridgehead atoms. The molecule has 34 heavy (non-hydrogen) atoms. The first kappa shape index (κ1) is 23.6. The molecule has 0 aliphatic carbocycles. The Hall–Kier alpha value is -3.52. The van der Waals surface area contributed by atoms with Crippen molar-refractivity contribution in [3.8, 4) is 0 Å². The van der Waals surface area contributed by atoms with Crippen molar-refractivity contribution in [2.24, 2.45) is 0 Å². The molecule has 1 aromatic heterocycles. The van der Waals surface area contributed by atoms with Crippen molar-refractivity contribution in [2.75, 3.05) is 20.2 Å². The average Bonchev–Trinajstić information content (AvgIpc) is 3.26. The summed E-state index contributed by atoms with van der Waals surface area (Å²) in [5, 5.41) is 7.24. The standard InChI is InChI=1S/C25H27ClN4O4/c1-34-25(33)30-12-10-17(11-13-30)28-24(32)22(29-23(31)19-7-2-4-8-20(19)26)14-16-15-27-21-9-5-3-6-18(16)21/h2-9,15,17,22,27H,10-14H2,1H3,(H,28,32)(H,29,31). The summed E-state index contributed by atoms with van der Waals surface area (Å²) >= 11 is 6.20. The van der Waals surface area contributed by atoms with Crippen LogP contribution in [0.4, 0.5) is 4.79 Å². The average molecular weight is 483 g/mol. The number of ether oxygens (including phenoxy) is 1. The minimum absolute atomic E-state index is 0.101. The molecule has 0 spiro atoms. The topological polar surface area (TPSA) is 104 Å². The summed E-state index contributed by atoms with van der Waals surface area (Å²) in [4.78, 5) is 42.9. The van der Waals surface area contributed by atoms with E-state index in [0.29, 0.717) is 42.9 Å². The van der Waals surface area contributed by atoms with Crippen molar-refractivity contribution in [1.29, 1.82) is 0 Å². The lowest BCUT2D eigenvalue weighted by Gasteiger charge is -2.32. The van der Waals surface area contributed by atoms with Crippen LogP contribution in [-0.2, 0) is 16.0 Å². The molecule has 3 aromatic rings. The molecule has 4 rings (SSSR count). The predicted molar refractivity (Wildman–Crippen MR) is 130 cm³/mol. The second-order valence-electron chi connectivity index (χ2n) is 8.31. The summed E-state index contributed by atoms with van der Waals surface area (Å²) < 4.78 is 4.77. The third-order valence-corrected chi connectivity index (χ3v) is 6.44. The number of carbonyl (C=O) groups excluding carboxylic acids is 3. The smallest absolute Gasteiger partial charge is 0.409 e. The number of piperidine rings is 1. The number of likely N-dealkylation sites (tertiary alicyclic amines) is 1. The van der Waals surface area contributed by atoms with E-state index in [1.54, 1.807) is 29.2 Å². The fourth-order valence-corrected chi connectivity index (χ4v) is 4.47. The molecule has 1 fully saturated rings. The van der Waals surface area contributed by atoms with E-state index in [9.17, 15) is 14.4 Å². The summed E-state index contributed by atoms with van der Waals surface area (Å²) in [6.45, 7) is 0.993. The summed E-state index contributed by atoms with van der Waals surface area (Å²) in [7, 11) is 1.35. The first-order chi connectivity index (χ1) is 16.5. The van der Waals surface area contributed by atoms with Gasteiger partial charge in [0, 0.05) is 42.7 Å². The van der Waals surface area contributed by atoms with Gasteiger partial charge in [-0.3, -0.25) is 9.59 Å². The van der Waals surface area contributed by atoms with E-state index in [1.807, 2.05) is 30.5 Å². The third-order valence-electron chi connectivity index (χ3n) is 6.11. The molecule has 0 radical (unpaired) electrons. The first-order valence-corrected chi connectivity index (χ1v) is 11.6. The van der Waals surface area contributed by atoms with Crippen LogP contribution in [0.2, 0.25) is 5.02 Å². The van der Waals surface area contributed by atoms with E-state index in [-0.39, 0.29) is 18.0 Å². The summed E-state index contributed by atoms with van der Waals surface area (Å²) in [5.74, 6) is -0.687. The monoisotopic (exact) mass is 482 g/mol. The maximum absolute atomic E-state index is 13.3. The zero-order chi connectivity index (χ0) is 24.1. The zero-order valence-corrected chi connectivity index (χ0v) is 19.6. The first-order valence-electron chi connectivity index (χ1n) is 11.2. The van der Waals surface area contributed by atoms with Crippen molar-refractivity contribution in [3.63, 3.8) is 0 Å². The third kappa shape index (κ3) is 5.34. The van der Waals surface area contributed by atoms with Crippen molar-refractivity contribution in [3.05, 3.63) is 70.9 Å². The highest BCUT2D eigenvalue weighted by Gasteiger charge is 2.29. The van der Waals surface area contributed by atoms with Crippen LogP contribution >= 0.6 is 11.6 Å². The molecular weight excluding hydrogens is 456 g/mol. The van der Waals surface area contributed by atoms with Crippen molar-refractivity contribution in [1.82, 2.24) is 20.5 Å². The molecule has 0 saturated carbocycles. The van der Waals surface area contributed by atoms with Gasteiger partial charge in [-0.05, 0) is 36.6 Å². The van der Waals surface area contributed by atoms with Gasteiger partial charge < -0.3 is 25.3 Å². The molecule has 3 amide bonds. The number of aromatic nitrogens is 1. The molecule has 3 N–H and O–H groups in total. The molecule has 1 saturated heterocycles. The van der Waals surface area contributed by atoms with E-state index >= 15 is 0 Å². The number of H-pyrrole nitrogens is 1. The number of amides is 3. The number of halogens is 1. The lowest BCUT2D eigenvalue weighted by atomic mass is 10.0. The largest absolute Gasteiger partial charge is 0.453 e. The van der Waals surface area contributed by atoms with Crippen molar-refractivity contribution in [2.45, 2.75) is 31.3 Å². The summed E-state index contributed by atoms with van der Waals surface area (Å²) in [5.41, 5.74) is 2.20. The highest BCUT2D eigenvalue weighted by Crippen LogP contribution is 2.21. The number of hydrogen-bond acceptors (Lipinski definition) is 4. The van der Waals surface area contributed by atoms with Gasteiger partial charge in [-0.25, -0.2) is 4.79 Å². The van der Waals surface area contributed by atoms with E-state index in [0.717, 1.165) is 16.5 Å². The normalized spacial score (nSPS) is 15.1. The van der Waals surface area contributed by atoms with Crippen molar-refractivity contribution >= 4 is 40.4 Å². The Morgan fingerprint density at radius 2 is 1.82 bits per heavy atom. The highest BCUT2D eigenvalue weighted by atomic mass is 35.5. The second kappa shape index (κ2) is 10.6. The van der Waals surface area contributed by atoms with Crippen LogP contribution in [0.25, 0.3) is 10.9 Å². The van der Waals surface area contributed by atoms with Gasteiger partial charge in [0.05, 0.1) is 17.7 Å². The number of hydrogen-bond donors (Lipinski definition) is 3. The quantitative estimate of drug-likeness (QED) is 0.500. The zero-order valence-electron chi connectivity index (χ0n) is 18.8. The van der Waals surface area contributed by atoms with Gasteiger partial charge in [-0.1, -0.05) is 41.9 Å². The molecule has 1 atom stereocenters. The Morgan fingerprint density at radius 3 is 2.56 bits per heavy atom. The molecule has 1 aliphatic heterocycles. The van der Waals surface area contributed by atoms with Gasteiger partial charge in [0.2, 0.25) is 5.91 Å². The Morgan fingerprint density at radius 1 is 1.12 bits per heavy atom. The van der Waals surface area contributed by atoms with Crippen LogP contribution in [-0.4, -0.2) is 60.1 Å². The number of para-hydroxylation sites is 1. The molecule has 8 nitrogen and oxygen atoms in total. The van der Waals surface area contributed by atoms with Crippen LogP contribution in [0, 0.1) is 0 Å². The summed E-state index contributed by atoms with van der Waals surface area (Å²) in [6, 6.07) is 13.7. The summed E-state index contributed by atoms with van der Waals surface area (Å²) in [6.07, 6.45) is 3.03. The van der Waals surface area contributed by atoms with Crippen LogP contribution in [0.1, 0.15) is 28.8 Å². The second-order valence-corrected chi connectivity index (χ2v) is 8.72. The van der Waals surface area contributed by atoms with E-state index in [1.165, 1.54) is 7.11 Å². The van der Waals surface area contributed by atoms with Gasteiger partial charge in [0.15, 0.2) is 0 Å². The number of carbonyl (C=O) groups is 3. The van der Waals surface area contributed by atoms with Gasteiger partial charge in [-0.15, -0.1) is 0 Å². The number of rotatable bonds is 6.